The summed E-state index contributed by atoms with van der Waals surface area (Å²) in [5.41, 5.74) is 1.86. The highest BCUT2D eigenvalue weighted by molar-refractivity contribution is 7.09. The number of aryl methyl sites for hydroxylation is 1. The minimum atomic E-state index is -0.185. The fourth-order valence-corrected chi connectivity index (χ4v) is 2.43. The van der Waals surface area contributed by atoms with Crippen LogP contribution in [0.4, 0.5) is 4.79 Å². The molecule has 0 aliphatic carbocycles. The number of nitrogens with one attached hydrogen (secondary N) is 2. The van der Waals surface area contributed by atoms with Crippen LogP contribution in [0.2, 0.25) is 0 Å². The van der Waals surface area contributed by atoms with Crippen LogP contribution in [0.15, 0.2) is 29.8 Å². The first-order chi connectivity index (χ1) is 9.65. The molecule has 0 fully saturated rings. The van der Waals surface area contributed by atoms with E-state index in [1.165, 1.54) is 0 Å². The van der Waals surface area contributed by atoms with Crippen LogP contribution >= 0.6 is 11.3 Å². The van der Waals surface area contributed by atoms with Gasteiger partial charge >= 0.3 is 6.03 Å². The highest BCUT2D eigenvalue weighted by Crippen LogP contribution is 2.08. The lowest BCUT2D eigenvalue weighted by atomic mass is 10.2. The highest BCUT2D eigenvalue weighted by atomic mass is 32.1. The SMILES string of the molecule is Cc1nc(CCNC(=O)NC(C)c2ccccn2)cs1. The summed E-state index contributed by atoms with van der Waals surface area (Å²) in [4.78, 5) is 20.3. The van der Waals surface area contributed by atoms with E-state index in [1.807, 2.05) is 37.4 Å². The van der Waals surface area contributed by atoms with Crippen LogP contribution in [-0.2, 0) is 6.42 Å². The Morgan fingerprint density at radius 2 is 2.30 bits per heavy atom. The summed E-state index contributed by atoms with van der Waals surface area (Å²) in [6, 6.07) is 5.35. The van der Waals surface area contributed by atoms with E-state index in [-0.39, 0.29) is 12.1 Å². The Kier molecular flexibility index (Phi) is 5.06. The second kappa shape index (κ2) is 7.00. The third kappa shape index (κ3) is 4.31. The average Bonchev–Trinajstić information content (AvgIpc) is 2.85. The second-order valence-corrected chi connectivity index (χ2v) is 5.55. The normalized spacial score (nSPS) is 11.9. The quantitative estimate of drug-likeness (QED) is 0.889. The Bertz CT molecular complexity index is 555. The van der Waals surface area contributed by atoms with Crippen LogP contribution in [0.5, 0.6) is 0 Å². The lowest BCUT2D eigenvalue weighted by molar-refractivity contribution is 0.238. The topological polar surface area (TPSA) is 66.9 Å². The Balaban J connectivity index is 1.73. The molecular weight excluding hydrogens is 272 g/mol. The van der Waals surface area contributed by atoms with Gasteiger partial charge in [-0.25, -0.2) is 9.78 Å². The number of carbonyl (C=O) groups excluding carboxylic acids is 1. The molecule has 2 N–H and O–H groups in total. The van der Waals surface area contributed by atoms with Crippen molar-refractivity contribution in [1.82, 2.24) is 20.6 Å². The molecular formula is C14H18N4OS. The number of urea groups is 1. The van der Waals surface area contributed by atoms with Gasteiger partial charge in [-0.15, -0.1) is 11.3 Å². The van der Waals surface area contributed by atoms with E-state index in [0.29, 0.717) is 6.54 Å². The first-order valence-corrected chi connectivity index (χ1v) is 7.39. The molecule has 20 heavy (non-hydrogen) atoms. The van der Waals surface area contributed by atoms with Gasteiger partial charge in [0, 0.05) is 24.5 Å². The minimum Gasteiger partial charge on any atom is -0.338 e. The van der Waals surface area contributed by atoms with E-state index in [1.54, 1.807) is 17.5 Å². The smallest absolute Gasteiger partial charge is 0.315 e. The van der Waals surface area contributed by atoms with Gasteiger partial charge in [-0.1, -0.05) is 6.07 Å². The summed E-state index contributed by atoms with van der Waals surface area (Å²) in [6.07, 6.45) is 2.46. The van der Waals surface area contributed by atoms with Gasteiger partial charge in [-0.2, -0.15) is 0 Å². The van der Waals surface area contributed by atoms with Gasteiger partial charge in [0.15, 0.2) is 0 Å². The van der Waals surface area contributed by atoms with Crippen molar-refractivity contribution in [3.63, 3.8) is 0 Å². The maximum atomic E-state index is 11.8. The number of amides is 2. The molecule has 2 heterocycles. The maximum absolute atomic E-state index is 11.8. The molecule has 0 aliphatic rings. The fraction of sp³-hybridized carbons (Fsp3) is 0.357. The van der Waals surface area contributed by atoms with Crippen LogP contribution in [0.3, 0.4) is 0 Å². The summed E-state index contributed by atoms with van der Waals surface area (Å²) in [5, 5.41) is 8.75. The largest absolute Gasteiger partial charge is 0.338 e. The molecule has 0 aliphatic heterocycles. The van der Waals surface area contributed by atoms with E-state index in [0.717, 1.165) is 22.8 Å². The van der Waals surface area contributed by atoms with Gasteiger partial charge in [0.2, 0.25) is 0 Å². The van der Waals surface area contributed by atoms with Gasteiger partial charge < -0.3 is 10.6 Å². The van der Waals surface area contributed by atoms with E-state index >= 15 is 0 Å². The molecule has 2 amide bonds. The fourth-order valence-electron chi connectivity index (χ4n) is 1.78. The van der Waals surface area contributed by atoms with E-state index in [2.05, 4.69) is 20.6 Å². The van der Waals surface area contributed by atoms with Crippen molar-refractivity contribution in [1.29, 1.82) is 0 Å². The standard InChI is InChI=1S/C14H18N4OS/c1-10(13-5-3-4-7-15-13)17-14(19)16-8-6-12-9-20-11(2)18-12/h3-5,7,9-10H,6,8H2,1-2H3,(H2,16,17,19). The van der Waals surface area contributed by atoms with Crippen LogP contribution in [0, 0.1) is 6.92 Å². The zero-order chi connectivity index (χ0) is 14.4. The maximum Gasteiger partial charge on any atom is 0.315 e. The third-order valence-electron chi connectivity index (χ3n) is 2.81. The lowest BCUT2D eigenvalue weighted by Gasteiger charge is -2.13. The molecule has 0 saturated heterocycles. The van der Waals surface area contributed by atoms with Gasteiger partial charge in [0.05, 0.1) is 22.4 Å². The first-order valence-electron chi connectivity index (χ1n) is 6.51. The number of carbonyl (C=O) groups is 1. The van der Waals surface area contributed by atoms with E-state index < -0.39 is 0 Å². The van der Waals surface area contributed by atoms with Crippen molar-refractivity contribution >= 4 is 17.4 Å². The zero-order valence-electron chi connectivity index (χ0n) is 11.6. The number of nitrogens with zero attached hydrogens (tertiary/aromatic N) is 2. The molecule has 1 unspecified atom stereocenters. The van der Waals surface area contributed by atoms with Gasteiger partial charge in [-0.3, -0.25) is 4.98 Å². The Hall–Kier alpha value is -1.95. The summed E-state index contributed by atoms with van der Waals surface area (Å²) < 4.78 is 0. The van der Waals surface area contributed by atoms with Crippen molar-refractivity contribution in [2.24, 2.45) is 0 Å². The predicted molar refractivity (Wildman–Crippen MR) is 79.7 cm³/mol. The molecule has 5 nitrogen and oxygen atoms in total. The third-order valence-corrected chi connectivity index (χ3v) is 3.63. The second-order valence-electron chi connectivity index (χ2n) is 4.48. The molecule has 0 aromatic carbocycles. The molecule has 2 rings (SSSR count). The molecule has 0 saturated carbocycles. The molecule has 106 valence electrons. The van der Waals surface area contributed by atoms with Gasteiger partial charge in [0.1, 0.15) is 0 Å². The highest BCUT2D eigenvalue weighted by Gasteiger charge is 2.09. The first kappa shape index (κ1) is 14.5. The lowest BCUT2D eigenvalue weighted by Crippen LogP contribution is -2.38. The number of pyridine rings is 1. The van der Waals surface area contributed by atoms with Crippen molar-refractivity contribution in [3.05, 3.63) is 46.2 Å². The number of aromatic nitrogens is 2. The zero-order valence-corrected chi connectivity index (χ0v) is 12.4. The molecule has 0 bridgehead atoms. The molecule has 2 aromatic rings. The Morgan fingerprint density at radius 1 is 1.45 bits per heavy atom. The van der Waals surface area contributed by atoms with E-state index in [4.69, 9.17) is 0 Å². The molecule has 0 radical (unpaired) electrons. The van der Waals surface area contributed by atoms with Crippen LogP contribution in [-0.4, -0.2) is 22.5 Å². The van der Waals surface area contributed by atoms with Crippen LogP contribution in [0.25, 0.3) is 0 Å². The molecule has 0 spiro atoms. The summed E-state index contributed by atoms with van der Waals surface area (Å²) >= 11 is 1.62. The van der Waals surface area contributed by atoms with Crippen molar-refractivity contribution in [3.8, 4) is 0 Å². The summed E-state index contributed by atoms with van der Waals surface area (Å²) in [5.74, 6) is 0. The van der Waals surface area contributed by atoms with Crippen LogP contribution < -0.4 is 10.6 Å². The Morgan fingerprint density at radius 3 is 2.95 bits per heavy atom. The molecule has 1 atom stereocenters. The molecule has 6 heteroatoms. The monoisotopic (exact) mass is 290 g/mol. The van der Waals surface area contributed by atoms with Gasteiger partial charge in [0.25, 0.3) is 0 Å². The number of hydrogen-bond acceptors (Lipinski definition) is 4. The summed E-state index contributed by atoms with van der Waals surface area (Å²) in [6.45, 7) is 4.46. The number of hydrogen-bond donors (Lipinski definition) is 2. The predicted octanol–water partition coefficient (Wildman–Crippen LogP) is 2.45. The van der Waals surface area contributed by atoms with Gasteiger partial charge in [-0.05, 0) is 26.0 Å². The van der Waals surface area contributed by atoms with E-state index in [9.17, 15) is 4.79 Å². The minimum absolute atomic E-state index is 0.113. The van der Waals surface area contributed by atoms with Crippen molar-refractivity contribution in [2.75, 3.05) is 6.54 Å². The van der Waals surface area contributed by atoms with Crippen LogP contribution in [0.1, 0.15) is 29.4 Å². The summed E-state index contributed by atoms with van der Waals surface area (Å²) in [7, 11) is 0. The number of rotatable bonds is 5. The number of thiazole rings is 1. The Labute approximate surface area is 122 Å². The van der Waals surface area contributed by atoms with Crippen molar-refractivity contribution in [2.45, 2.75) is 26.3 Å². The van der Waals surface area contributed by atoms with Crippen molar-refractivity contribution < 1.29 is 4.79 Å². The molecule has 2 aromatic heterocycles. The average molecular weight is 290 g/mol.